The van der Waals surface area contributed by atoms with Crippen LogP contribution in [0, 0.1) is 0 Å². The molecule has 0 aliphatic heterocycles. The van der Waals surface area contributed by atoms with Crippen LogP contribution in [0.5, 0.6) is 0 Å². The molecule has 6 heteroatoms. The molecular weight excluding hydrogens is 384 g/mol. The van der Waals surface area contributed by atoms with E-state index in [9.17, 15) is 13.2 Å². The summed E-state index contributed by atoms with van der Waals surface area (Å²) in [5.74, 6) is -0.360. The van der Waals surface area contributed by atoms with Gasteiger partial charge in [-0.15, -0.1) is 0 Å². The zero-order chi connectivity index (χ0) is 21.0. The SMILES string of the molecule is CC(C)N(C)S(=O)(=O)c1cccc(C(=O)Nc2ccc(-c3ccccc3)cc2)c1. The molecule has 0 saturated carbocycles. The topological polar surface area (TPSA) is 66.5 Å². The molecule has 0 aliphatic rings. The van der Waals surface area contributed by atoms with Crippen molar-refractivity contribution in [2.75, 3.05) is 12.4 Å². The van der Waals surface area contributed by atoms with Crippen molar-refractivity contribution in [2.45, 2.75) is 24.8 Å². The lowest BCUT2D eigenvalue weighted by molar-refractivity contribution is 0.102. The van der Waals surface area contributed by atoms with Crippen molar-refractivity contribution in [1.29, 1.82) is 0 Å². The number of rotatable bonds is 6. The minimum atomic E-state index is -3.65. The molecule has 0 saturated heterocycles. The van der Waals surface area contributed by atoms with Crippen LogP contribution in [0.4, 0.5) is 5.69 Å². The van der Waals surface area contributed by atoms with E-state index in [1.54, 1.807) is 26.0 Å². The molecule has 0 bridgehead atoms. The zero-order valence-corrected chi connectivity index (χ0v) is 17.5. The highest BCUT2D eigenvalue weighted by molar-refractivity contribution is 7.89. The summed E-state index contributed by atoms with van der Waals surface area (Å²) in [5, 5.41) is 2.82. The van der Waals surface area contributed by atoms with Crippen LogP contribution in [0.25, 0.3) is 11.1 Å². The van der Waals surface area contributed by atoms with Gasteiger partial charge in [0.15, 0.2) is 0 Å². The van der Waals surface area contributed by atoms with E-state index in [2.05, 4.69) is 5.32 Å². The normalized spacial score (nSPS) is 11.6. The first-order valence-corrected chi connectivity index (χ1v) is 10.8. The third kappa shape index (κ3) is 4.72. The largest absolute Gasteiger partial charge is 0.322 e. The third-order valence-electron chi connectivity index (χ3n) is 4.75. The molecule has 3 rings (SSSR count). The van der Waals surface area contributed by atoms with Crippen molar-refractivity contribution < 1.29 is 13.2 Å². The maximum atomic E-state index is 12.7. The molecule has 0 fully saturated rings. The van der Waals surface area contributed by atoms with Crippen LogP contribution in [0.3, 0.4) is 0 Å². The van der Waals surface area contributed by atoms with Crippen molar-refractivity contribution in [3.05, 3.63) is 84.4 Å². The highest BCUT2D eigenvalue weighted by Crippen LogP contribution is 2.22. The van der Waals surface area contributed by atoms with Gasteiger partial charge >= 0.3 is 0 Å². The fourth-order valence-electron chi connectivity index (χ4n) is 2.82. The van der Waals surface area contributed by atoms with Crippen molar-refractivity contribution in [1.82, 2.24) is 4.31 Å². The van der Waals surface area contributed by atoms with Gasteiger partial charge in [-0.1, -0.05) is 48.5 Å². The average Bonchev–Trinajstić information content (AvgIpc) is 2.74. The molecule has 0 unspecified atom stereocenters. The van der Waals surface area contributed by atoms with Crippen molar-refractivity contribution >= 4 is 21.6 Å². The zero-order valence-electron chi connectivity index (χ0n) is 16.7. The number of carbonyl (C=O) groups is 1. The van der Waals surface area contributed by atoms with Crippen molar-refractivity contribution in [2.24, 2.45) is 0 Å². The number of carbonyl (C=O) groups excluding carboxylic acids is 1. The second kappa shape index (κ2) is 8.59. The Balaban J connectivity index is 1.78. The molecule has 1 N–H and O–H groups in total. The van der Waals surface area contributed by atoms with Gasteiger partial charge in [0.25, 0.3) is 5.91 Å². The van der Waals surface area contributed by atoms with Crippen LogP contribution in [-0.4, -0.2) is 31.7 Å². The first-order chi connectivity index (χ1) is 13.8. The fraction of sp³-hybridized carbons (Fsp3) is 0.174. The summed E-state index contributed by atoms with van der Waals surface area (Å²) < 4.78 is 26.6. The lowest BCUT2D eigenvalue weighted by Crippen LogP contribution is -2.33. The monoisotopic (exact) mass is 408 g/mol. The summed E-state index contributed by atoms with van der Waals surface area (Å²) in [6.07, 6.45) is 0. The lowest BCUT2D eigenvalue weighted by atomic mass is 10.1. The van der Waals surface area contributed by atoms with Gasteiger partial charge in [-0.05, 0) is 55.3 Å². The molecule has 0 heterocycles. The van der Waals surface area contributed by atoms with Crippen LogP contribution in [-0.2, 0) is 10.0 Å². The van der Waals surface area contributed by atoms with E-state index in [1.807, 2.05) is 54.6 Å². The Bertz CT molecular complexity index is 1090. The van der Waals surface area contributed by atoms with Gasteiger partial charge in [-0.25, -0.2) is 8.42 Å². The summed E-state index contributed by atoms with van der Waals surface area (Å²) in [6.45, 7) is 3.60. The molecule has 0 aliphatic carbocycles. The van der Waals surface area contributed by atoms with E-state index < -0.39 is 10.0 Å². The van der Waals surface area contributed by atoms with Crippen LogP contribution < -0.4 is 5.32 Å². The number of anilines is 1. The van der Waals surface area contributed by atoms with E-state index in [0.717, 1.165) is 11.1 Å². The summed E-state index contributed by atoms with van der Waals surface area (Å²) in [5.41, 5.74) is 3.07. The number of hydrogen-bond acceptors (Lipinski definition) is 3. The Kier molecular flexibility index (Phi) is 6.15. The first kappa shape index (κ1) is 20.8. The molecule has 3 aromatic carbocycles. The molecule has 3 aromatic rings. The highest BCUT2D eigenvalue weighted by atomic mass is 32.2. The molecule has 150 valence electrons. The van der Waals surface area contributed by atoms with E-state index >= 15 is 0 Å². The number of amides is 1. The third-order valence-corrected chi connectivity index (χ3v) is 6.78. The lowest BCUT2D eigenvalue weighted by Gasteiger charge is -2.21. The predicted octanol–water partition coefficient (Wildman–Crippen LogP) is 4.63. The molecular formula is C23H24N2O3S. The average molecular weight is 409 g/mol. The van der Waals surface area contributed by atoms with E-state index in [-0.39, 0.29) is 22.4 Å². The Hall–Kier alpha value is -2.96. The van der Waals surface area contributed by atoms with Gasteiger partial charge in [0.2, 0.25) is 10.0 Å². The summed E-state index contributed by atoms with van der Waals surface area (Å²) in [7, 11) is -2.12. The van der Waals surface area contributed by atoms with Gasteiger partial charge in [-0.2, -0.15) is 4.31 Å². The Morgan fingerprint density at radius 2 is 1.48 bits per heavy atom. The molecule has 0 atom stereocenters. The van der Waals surface area contributed by atoms with Gasteiger partial charge < -0.3 is 5.32 Å². The standard InChI is InChI=1S/C23H24N2O3S/c1-17(2)25(3)29(27,28)22-11-7-10-20(16-22)23(26)24-21-14-12-19(13-15-21)18-8-5-4-6-9-18/h4-17H,1-3H3,(H,24,26). The highest BCUT2D eigenvalue weighted by Gasteiger charge is 2.23. The minimum absolute atomic E-state index is 0.0979. The number of sulfonamides is 1. The molecule has 0 aromatic heterocycles. The smallest absolute Gasteiger partial charge is 0.255 e. The summed E-state index contributed by atoms with van der Waals surface area (Å²) in [6, 6.07) is 23.4. The van der Waals surface area contributed by atoms with Gasteiger partial charge in [0.1, 0.15) is 0 Å². The van der Waals surface area contributed by atoms with Gasteiger partial charge in [-0.3, -0.25) is 4.79 Å². The molecule has 1 amide bonds. The van der Waals surface area contributed by atoms with Crippen molar-refractivity contribution in [3.63, 3.8) is 0 Å². The van der Waals surface area contributed by atoms with Crippen LogP contribution in [0.1, 0.15) is 24.2 Å². The Labute approximate surface area is 172 Å². The maximum Gasteiger partial charge on any atom is 0.255 e. The predicted molar refractivity (Wildman–Crippen MR) is 116 cm³/mol. The number of nitrogens with one attached hydrogen (secondary N) is 1. The molecule has 5 nitrogen and oxygen atoms in total. The van der Waals surface area contributed by atoms with Crippen molar-refractivity contribution in [3.8, 4) is 11.1 Å². The number of benzene rings is 3. The second-order valence-corrected chi connectivity index (χ2v) is 9.04. The van der Waals surface area contributed by atoms with Gasteiger partial charge in [0, 0.05) is 24.3 Å². The second-order valence-electron chi connectivity index (χ2n) is 7.04. The first-order valence-electron chi connectivity index (χ1n) is 9.34. The summed E-state index contributed by atoms with van der Waals surface area (Å²) in [4.78, 5) is 12.7. The molecule has 0 spiro atoms. The molecule has 0 radical (unpaired) electrons. The number of nitrogens with zero attached hydrogens (tertiary/aromatic N) is 1. The summed E-state index contributed by atoms with van der Waals surface area (Å²) >= 11 is 0. The maximum absolute atomic E-state index is 12.7. The van der Waals surface area contributed by atoms with E-state index in [0.29, 0.717) is 5.69 Å². The molecule has 29 heavy (non-hydrogen) atoms. The Morgan fingerprint density at radius 3 is 2.10 bits per heavy atom. The van der Waals surface area contributed by atoms with E-state index in [4.69, 9.17) is 0 Å². The van der Waals surface area contributed by atoms with E-state index in [1.165, 1.54) is 23.5 Å². The van der Waals surface area contributed by atoms with Crippen LogP contribution in [0.15, 0.2) is 83.8 Å². The fourth-order valence-corrected chi connectivity index (χ4v) is 4.24. The van der Waals surface area contributed by atoms with Crippen LogP contribution >= 0.6 is 0 Å². The number of hydrogen-bond donors (Lipinski definition) is 1. The van der Waals surface area contributed by atoms with Gasteiger partial charge in [0.05, 0.1) is 4.90 Å². The quantitative estimate of drug-likeness (QED) is 0.646. The minimum Gasteiger partial charge on any atom is -0.322 e. The van der Waals surface area contributed by atoms with Crippen LogP contribution in [0.2, 0.25) is 0 Å². The Morgan fingerprint density at radius 1 is 0.862 bits per heavy atom.